The predicted molar refractivity (Wildman–Crippen MR) is 540 cm³/mol. The molecule has 2 heterocycles. The summed E-state index contributed by atoms with van der Waals surface area (Å²) in [7, 11) is 0. The Morgan fingerprint density at radius 3 is 1.23 bits per heavy atom. The van der Waals surface area contributed by atoms with Gasteiger partial charge in [-0.2, -0.15) is 0 Å². The average molecular weight is 1690 g/mol. The highest BCUT2D eigenvalue weighted by Gasteiger charge is 2.47. The van der Waals surface area contributed by atoms with Crippen molar-refractivity contribution in [1.82, 2.24) is 9.13 Å². The lowest BCUT2D eigenvalue weighted by Gasteiger charge is -2.34. The van der Waals surface area contributed by atoms with E-state index in [2.05, 4.69) is 466 Å². The zero-order valence-corrected chi connectivity index (χ0v) is 73.9. The van der Waals surface area contributed by atoms with Crippen molar-refractivity contribution >= 4 is 78.1 Å². The molecule has 0 fully saturated rings. The molecule has 2 aromatic heterocycles. The first-order valence-corrected chi connectivity index (χ1v) is 45.9. The number of benzene rings is 18. The van der Waals surface area contributed by atoms with Crippen LogP contribution >= 0.6 is 0 Å². The Balaban J connectivity index is 0.470. The Morgan fingerprint density at radius 2 is 0.679 bits per heavy atom. The first-order chi connectivity index (χ1) is 64.4. The minimum Gasteiger partial charge on any atom is -0.494 e. The summed E-state index contributed by atoms with van der Waals surface area (Å²) in [5.74, 6) is 0.839. The van der Waals surface area contributed by atoms with Gasteiger partial charge in [0, 0.05) is 83.0 Å². The normalized spacial score (nSPS) is 16.2. The Hall–Kier alpha value is -15.4. The van der Waals surface area contributed by atoms with Gasteiger partial charge in [-0.3, -0.25) is 0 Å². The molecule has 3 atom stereocenters. The monoisotopic (exact) mass is 1690 g/mol. The van der Waals surface area contributed by atoms with E-state index in [-0.39, 0.29) is 10.8 Å². The summed E-state index contributed by atoms with van der Waals surface area (Å²) in [6.45, 7) is 16.0. The molecule has 3 unspecified atom stereocenters. The van der Waals surface area contributed by atoms with E-state index in [4.69, 9.17) is 14.2 Å². The van der Waals surface area contributed by atoms with Gasteiger partial charge < -0.3 is 33.6 Å². The van der Waals surface area contributed by atoms with Crippen LogP contribution in [0.3, 0.4) is 0 Å². The van der Waals surface area contributed by atoms with Crippen LogP contribution in [0.1, 0.15) is 123 Å². The first kappa shape index (κ1) is 79.1. The Labute approximate surface area is 765 Å². The first-order valence-electron chi connectivity index (χ1n) is 45.9. The number of rotatable bonds is 23. The number of fused-ring (bicyclic) bond motifs is 18. The number of anilines is 5. The van der Waals surface area contributed by atoms with E-state index >= 15 is 0 Å². The van der Waals surface area contributed by atoms with Gasteiger partial charge in [-0.15, -0.1) is 0 Å². The van der Waals surface area contributed by atoms with Crippen LogP contribution in [-0.2, 0) is 57.6 Å². The molecule has 0 saturated heterocycles. The zero-order chi connectivity index (χ0) is 87.7. The van der Waals surface area contributed by atoms with Gasteiger partial charge in [-0.25, -0.2) is 0 Å². The van der Waals surface area contributed by atoms with Crippen LogP contribution in [0.2, 0.25) is 0 Å². The predicted octanol–water partition coefficient (Wildman–Crippen LogP) is 30.9. The van der Waals surface area contributed by atoms with Crippen molar-refractivity contribution in [2.75, 3.05) is 16.8 Å². The highest BCUT2D eigenvalue weighted by atomic mass is 16.5. The van der Waals surface area contributed by atoms with Crippen molar-refractivity contribution in [1.29, 1.82) is 0 Å². The SMILES string of the molecule is C=Cc1ccc(OCCC2(c3ccccc3)c3ccccc3-c3ccc(N(c4ccc5c(c4)C(C)(c4ccccc4)c4ccccc4-5)c4ccc5c(c4)c4ccccc4n5-c4ccc(COCc5ccc6c(c5)C(C)(C)c5cc(COCc7ccc(-n8c9ccccc9c9cc(Nc%10ccc%11c(c%10)C(C)(c%10ccccc%10)c%10ccccc%10-%11)ccc98)cc7)ccc5-6)cc4)cc32)cc1. The summed E-state index contributed by atoms with van der Waals surface area (Å²) >= 11 is 0. The van der Waals surface area contributed by atoms with Crippen molar-refractivity contribution in [3.8, 4) is 61.6 Å². The van der Waals surface area contributed by atoms with Crippen LogP contribution in [0.15, 0.2) is 419 Å². The molecular weight excluding hydrogens is 1590 g/mol. The second kappa shape index (κ2) is 31.5. The molecule has 630 valence electrons. The molecule has 24 rings (SSSR count). The molecule has 131 heavy (non-hydrogen) atoms. The lowest BCUT2D eigenvalue weighted by Crippen LogP contribution is -2.29. The number of hydrogen-bond donors (Lipinski definition) is 1. The highest BCUT2D eigenvalue weighted by Crippen LogP contribution is 2.60. The number of ether oxygens (including phenoxy) is 3. The number of nitrogens with zero attached hydrogens (tertiary/aromatic N) is 3. The molecule has 20 aromatic rings. The Morgan fingerprint density at radius 1 is 0.298 bits per heavy atom. The number of para-hydroxylation sites is 2. The van der Waals surface area contributed by atoms with Crippen LogP contribution in [0.25, 0.3) is 106 Å². The van der Waals surface area contributed by atoms with Gasteiger partial charge in [0.15, 0.2) is 0 Å². The standard InChI is InChI=1S/C124H96N4O3/c1-6-81-46-59-96(60-47-81)131-69-68-124(88-30-14-9-15-31-88)111-39-23-18-34-99(111)104-65-57-95(76-116(104)124)126(94-56-64-103-98-33-17-22-38-110(98)123(5,115(103)75-94)87-28-12-8-13-29-87)93-58-67-120-108(74-93)106-36-20-25-41-118(106)128(120)92-54-44-83(45-55-92)78-130-80-85-49-62-101-100-61-48-84(70-112(100)121(2,3)113(101)71-85)79-129-77-82-42-52-91(53-43-82)127-117-40-24-19-35-105(117)107-72-89(51-66-119(107)127)125-90-50-63-102-97-32-16-21-37-109(97)122(4,114(102)73-90)86-26-10-7-11-27-86/h6-67,70-76,125H,1,68-69,77-80H2,2-5H3. The van der Waals surface area contributed by atoms with Gasteiger partial charge in [0.2, 0.25) is 0 Å². The van der Waals surface area contributed by atoms with Crippen LogP contribution in [0, 0.1) is 0 Å². The molecule has 1 N–H and O–H groups in total. The number of aromatic nitrogens is 2. The second-order valence-electron chi connectivity index (χ2n) is 36.8. The van der Waals surface area contributed by atoms with Crippen LogP contribution in [0.5, 0.6) is 5.75 Å². The summed E-state index contributed by atoms with van der Waals surface area (Å²) in [4.78, 5) is 2.51. The smallest absolute Gasteiger partial charge is 0.119 e. The molecule has 4 aliphatic carbocycles. The van der Waals surface area contributed by atoms with Gasteiger partial charge in [-0.05, 0) is 275 Å². The third-order valence-electron chi connectivity index (χ3n) is 29.2. The average Bonchev–Trinajstić information content (AvgIpc) is 1.54. The van der Waals surface area contributed by atoms with Crippen LogP contribution in [0.4, 0.5) is 28.4 Å². The van der Waals surface area contributed by atoms with Crippen molar-refractivity contribution in [3.63, 3.8) is 0 Å². The summed E-state index contributed by atoms with van der Waals surface area (Å²) in [5, 5.41) is 8.59. The van der Waals surface area contributed by atoms with Gasteiger partial charge >= 0.3 is 0 Å². The molecule has 7 nitrogen and oxygen atoms in total. The van der Waals surface area contributed by atoms with E-state index in [0.29, 0.717) is 39.5 Å². The molecule has 0 bridgehead atoms. The lowest BCUT2D eigenvalue weighted by molar-refractivity contribution is 0.107. The van der Waals surface area contributed by atoms with E-state index in [0.717, 1.165) is 89.9 Å². The lowest BCUT2D eigenvalue weighted by atomic mass is 9.70. The maximum atomic E-state index is 6.75. The van der Waals surface area contributed by atoms with E-state index < -0.39 is 10.8 Å². The fourth-order valence-electron chi connectivity index (χ4n) is 22.7. The molecule has 0 amide bonds. The summed E-state index contributed by atoms with van der Waals surface area (Å²) in [6, 6.07) is 153. The minimum absolute atomic E-state index is 0.216. The van der Waals surface area contributed by atoms with E-state index in [9.17, 15) is 0 Å². The molecule has 7 heteroatoms. The maximum Gasteiger partial charge on any atom is 0.119 e. The zero-order valence-electron chi connectivity index (χ0n) is 73.9. The minimum atomic E-state index is -0.543. The van der Waals surface area contributed by atoms with E-state index in [1.54, 1.807) is 0 Å². The van der Waals surface area contributed by atoms with E-state index in [1.807, 2.05) is 6.08 Å². The number of hydrogen-bond acceptors (Lipinski definition) is 5. The molecular formula is C124H96N4O3. The maximum absolute atomic E-state index is 6.75. The highest BCUT2D eigenvalue weighted by molar-refractivity contribution is 6.12. The summed E-state index contributed by atoms with van der Waals surface area (Å²) in [6.07, 6.45) is 2.58. The van der Waals surface area contributed by atoms with Gasteiger partial charge in [-0.1, -0.05) is 318 Å². The molecule has 0 radical (unpaired) electrons. The largest absolute Gasteiger partial charge is 0.494 e. The van der Waals surface area contributed by atoms with Crippen molar-refractivity contribution in [2.45, 2.75) is 82.2 Å². The Kier molecular flexibility index (Phi) is 19.0. The Bertz CT molecular complexity index is 7920. The molecule has 4 aliphatic rings. The van der Waals surface area contributed by atoms with Crippen LogP contribution < -0.4 is 15.0 Å². The van der Waals surface area contributed by atoms with Crippen molar-refractivity contribution < 1.29 is 14.2 Å². The van der Waals surface area contributed by atoms with E-state index in [1.165, 1.54) is 133 Å². The molecule has 0 spiro atoms. The second-order valence-corrected chi connectivity index (χ2v) is 36.8. The summed E-state index contributed by atoms with van der Waals surface area (Å²) in [5.41, 5.74) is 40.7. The fraction of sp³-hybridized carbons (Fsp3) is 0.113. The van der Waals surface area contributed by atoms with Crippen molar-refractivity contribution in [3.05, 3.63) is 508 Å². The van der Waals surface area contributed by atoms with Gasteiger partial charge in [0.05, 0.1) is 55.1 Å². The molecule has 0 aliphatic heterocycles. The van der Waals surface area contributed by atoms with Gasteiger partial charge in [0.25, 0.3) is 0 Å². The number of nitrogens with one attached hydrogen (secondary N) is 1. The van der Waals surface area contributed by atoms with Crippen LogP contribution in [-0.4, -0.2) is 15.7 Å². The molecule has 18 aromatic carbocycles. The topological polar surface area (TPSA) is 52.8 Å². The van der Waals surface area contributed by atoms with Crippen molar-refractivity contribution in [2.24, 2.45) is 0 Å². The van der Waals surface area contributed by atoms with Gasteiger partial charge in [0.1, 0.15) is 5.75 Å². The quantitative estimate of drug-likeness (QED) is 0.0692. The third-order valence-corrected chi connectivity index (χ3v) is 29.2. The third kappa shape index (κ3) is 12.9. The summed E-state index contributed by atoms with van der Waals surface area (Å²) < 4.78 is 24.8. The molecule has 0 saturated carbocycles. The fourth-order valence-corrected chi connectivity index (χ4v) is 22.7.